The molecule has 0 saturated heterocycles. The number of carbonyl (C=O) groups excluding carboxylic acids is 2. The zero-order chi connectivity index (χ0) is 18.9. The predicted molar refractivity (Wildman–Crippen MR) is 108 cm³/mol. The summed E-state index contributed by atoms with van der Waals surface area (Å²) in [6, 6.07) is 12.1. The van der Waals surface area contributed by atoms with Gasteiger partial charge in [-0.05, 0) is 26.0 Å². The van der Waals surface area contributed by atoms with Crippen LogP contribution in [0.2, 0.25) is 0 Å². The molecule has 2 amide bonds. The largest absolute Gasteiger partial charge is 0.492 e. The second-order valence-corrected chi connectivity index (χ2v) is 5.28. The van der Waals surface area contributed by atoms with Gasteiger partial charge in [0.15, 0.2) is 0 Å². The highest BCUT2D eigenvalue weighted by Gasteiger charge is 2.16. The zero-order valence-electron chi connectivity index (χ0n) is 15.3. The molecule has 146 valence electrons. The van der Waals surface area contributed by atoms with Crippen LogP contribution >= 0.6 is 12.4 Å². The summed E-state index contributed by atoms with van der Waals surface area (Å²) in [5.74, 6) is 0.218. The molecule has 0 radical (unpaired) electrons. The number of hydrogen-bond donors (Lipinski definition) is 3. The van der Waals surface area contributed by atoms with Gasteiger partial charge in [-0.25, -0.2) is 0 Å². The lowest BCUT2D eigenvalue weighted by Gasteiger charge is -2.17. The van der Waals surface area contributed by atoms with Gasteiger partial charge in [-0.3, -0.25) is 9.59 Å². The highest BCUT2D eigenvalue weighted by atomic mass is 35.5. The number of halogens is 1. The van der Waals surface area contributed by atoms with Crippen molar-refractivity contribution in [1.82, 2.24) is 0 Å². The molecule has 27 heavy (non-hydrogen) atoms. The Morgan fingerprint density at radius 1 is 0.926 bits per heavy atom. The van der Waals surface area contributed by atoms with Crippen molar-refractivity contribution in [3.63, 3.8) is 0 Å². The second kappa shape index (κ2) is 11.1. The predicted octanol–water partition coefficient (Wildman–Crippen LogP) is 3.06. The summed E-state index contributed by atoms with van der Waals surface area (Å²) in [5.41, 5.74) is 6.77. The Balaban J connectivity index is 0.00000364. The fourth-order valence-electron chi connectivity index (χ4n) is 2.29. The third-order valence-electron chi connectivity index (χ3n) is 3.43. The first-order chi connectivity index (χ1) is 12.6. The van der Waals surface area contributed by atoms with Gasteiger partial charge in [0.2, 0.25) is 5.91 Å². The van der Waals surface area contributed by atoms with Crippen LogP contribution in [0.3, 0.4) is 0 Å². The van der Waals surface area contributed by atoms with Crippen LogP contribution in [-0.2, 0) is 4.79 Å². The topological polar surface area (TPSA) is 103 Å². The molecular weight excluding hydrogens is 370 g/mol. The molecule has 0 aliphatic rings. The number of carbonyl (C=O) groups is 2. The van der Waals surface area contributed by atoms with Crippen molar-refractivity contribution in [2.24, 2.45) is 5.73 Å². The van der Waals surface area contributed by atoms with Crippen LogP contribution in [0.25, 0.3) is 0 Å². The summed E-state index contributed by atoms with van der Waals surface area (Å²) in [6.45, 7) is 4.30. The van der Waals surface area contributed by atoms with Gasteiger partial charge in [0, 0.05) is 17.7 Å². The first-order valence-corrected chi connectivity index (χ1v) is 8.39. The molecule has 0 spiro atoms. The maximum atomic E-state index is 12.5. The fraction of sp³-hybridized carbons (Fsp3) is 0.263. The molecule has 0 saturated carbocycles. The third-order valence-corrected chi connectivity index (χ3v) is 3.43. The van der Waals surface area contributed by atoms with Crippen LogP contribution in [0.15, 0.2) is 42.5 Å². The van der Waals surface area contributed by atoms with E-state index in [2.05, 4.69) is 10.6 Å². The van der Waals surface area contributed by atoms with Crippen molar-refractivity contribution in [3.8, 4) is 11.5 Å². The SMILES string of the molecule is CCOc1cc(NC(=O)c2ccccc2)c(OCC)cc1NC(=O)CN.Cl. The highest BCUT2D eigenvalue weighted by Crippen LogP contribution is 2.37. The molecule has 7 nitrogen and oxygen atoms in total. The maximum absolute atomic E-state index is 12.5. The number of rotatable bonds is 8. The highest BCUT2D eigenvalue weighted by molar-refractivity contribution is 6.05. The molecule has 2 aromatic carbocycles. The molecule has 0 bridgehead atoms. The lowest BCUT2D eigenvalue weighted by atomic mass is 10.2. The van der Waals surface area contributed by atoms with Gasteiger partial charge in [-0.1, -0.05) is 18.2 Å². The minimum Gasteiger partial charge on any atom is -0.492 e. The van der Waals surface area contributed by atoms with Crippen molar-refractivity contribution >= 4 is 35.6 Å². The minimum absolute atomic E-state index is 0. The van der Waals surface area contributed by atoms with E-state index in [1.165, 1.54) is 0 Å². The molecular formula is C19H24ClN3O4. The van der Waals surface area contributed by atoms with Crippen LogP contribution in [0, 0.1) is 0 Å². The monoisotopic (exact) mass is 393 g/mol. The zero-order valence-corrected chi connectivity index (χ0v) is 16.1. The molecule has 4 N–H and O–H groups in total. The minimum atomic E-state index is -0.352. The molecule has 0 unspecified atom stereocenters. The van der Waals surface area contributed by atoms with Gasteiger partial charge in [-0.2, -0.15) is 0 Å². The van der Waals surface area contributed by atoms with E-state index in [1.54, 1.807) is 36.4 Å². The lowest BCUT2D eigenvalue weighted by Crippen LogP contribution is -2.22. The average molecular weight is 394 g/mol. The molecule has 0 aromatic heterocycles. The molecule has 2 rings (SSSR count). The molecule has 0 aliphatic heterocycles. The summed E-state index contributed by atoms with van der Waals surface area (Å²) in [6.07, 6.45) is 0. The number of benzene rings is 2. The Hall–Kier alpha value is -2.77. The van der Waals surface area contributed by atoms with Gasteiger partial charge in [0.25, 0.3) is 5.91 Å². The second-order valence-electron chi connectivity index (χ2n) is 5.28. The summed E-state index contributed by atoms with van der Waals surface area (Å²) < 4.78 is 11.2. The molecule has 0 atom stereocenters. The van der Waals surface area contributed by atoms with Gasteiger partial charge in [0.05, 0.1) is 31.1 Å². The smallest absolute Gasteiger partial charge is 0.255 e. The van der Waals surface area contributed by atoms with Crippen molar-refractivity contribution < 1.29 is 19.1 Å². The van der Waals surface area contributed by atoms with E-state index >= 15 is 0 Å². The van der Waals surface area contributed by atoms with E-state index in [1.807, 2.05) is 19.9 Å². The van der Waals surface area contributed by atoms with Gasteiger partial charge < -0.3 is 25.8 Å². The van der Waals surface area contributed by atoms with Crippen molar-refractivity contribution in [3.05, 3.63) is 48.0 Å². The molecule has 2 aromatic rings. The van der Waals surface area contributed by atoms with E-state index in [0.29, 0.717) is 41.7 Å². The Labute approximate surface area is 164 Å². The van der Waals surface area contributed by atoms with E-state index in [4.69, 9.17) is 15.2 Å². The third kappa shape index (κ3) is 6.16. The van der Waals surface area contributed by atoms with E-state index in [9.17, 15) is 9.59 Å². The normalized spacial score (nSPS) is 9.74. The molecule has 0 heterocycles. The number of hydrogen-bond acceptors (Lipinski definition) is 5. The molecule has 0 aliphatic carbocycles. The van der Waals surface area contributed by atoms with E-state index in [-0.39, 0.29) is 30.8 Å². The average Bonchev–Trinajstić information content (AvgIpc) is 2.65. The lowest BCUT2D eigenvalue weighted by molar-refractivity contribution is -0.114. The first-order valence-electron chi connectivity index (χ1n) is 8.39. The Kier molecular flexibility index (Phi) is 9.12. The van der Waals surface area contributed by atoms with Gasteiger partial charge in [-0.15, -0.1) is 12.4 Å². The molecule has 8 heteroatoms. The standard InChI is InChI=1S/C19H23N3O4.ClH/c1-3-25-16-11-15(22-19(24)13-8-6-5-7-9-13)17(26-4-2)10-14(16)21-18(23)12-20;/h5-11H,3-4,12,20H2,1-2H3,(H,21,23)(H,22,24);1H. The van der Waals surface area contributed by atoms with Crippen molar-refractivity contribution in [2.45, 2.75) is 13.8 Å². The Morgan fingerprint density at radius 2 is 1.44 bits per heavy atom. The maximum Gasteiger partial charge on any atom is 0.255 e. The number of amides is 2. The summed E-state index contributed by atoms with van der Waals surface area (Å²) in [7, 11) is 0. The first kappa shape index (κ1) is 22.3. The van der Waals surface area contributed by atoms with Crippen LogP contribution in [0.4, 0.5) is 11.4 Å². The van der Waals surface area contributed by atoms with E-state index < -0.39 is 0 Å². The van der Waals surface area contributed by atoms with Crippen LogP contribution in [-0.4, -0.2) is 31.6 Å². The van der Waals surface area contributed by atoms with Crippen LogP contribution < -0.4 is 25.8 Å². The van der Waals surface area contributed by atoms with Crippen molar-refractivity contribution in [2.75, 3.05) is 30.4 Å². The fourth-order valence-corrected chi connectivity index (χ4v) is 2.29. The van der Waals surface area contributed by atoms with Crippen molar-refractivity contribution in [1.29, 1.82) is 0 Å². The number of anilines is 2. The van der Waals surface area contributed by atoms with E-state index in [0.717, 1.165) is 0 Å². The summed E-state index contributed by atoms with van der Waals surface area (Å²) in [5, 5.41) is 5.50. The van der Waals surface area contributed by atoms with Crippen LogP contribution in [0.1, 0.15) is 24.2 Å². The quantitative estimate of drug-likeness (QED) is 0.639. The number of nitrogens with two attached hydrogens (primary N) is 1. The number of nitrogens with one attached hydrogen (secondary N) is 2. The summed E-state index contributed by atoms with van der Waals surface area (Å²) >= 11 is 0. The molecule has 0 fully saturated rings. The Morgan fingerprint density at radius 3 is 1.93 bits per heavy atom. The van der Waals surface area contributed by atoms with Gasteiger partial charge >= 0.3 is 0 Å². The van der Waals surface area contributed by atoms with Gasteiger partial charge in [0.1, 0.15) is 11.5 Å². The summed E-state index contributed by atoms with van der Waals surface area (Å²) in [4.78, 5) is 24.1. The number of ether oxygens (including phenoxy) is 2. The van der Waals surface area contributed by atoms with Crippen LogP contribution in [0.5, 0.6) is 11.5 Å². The Bertz CT molecular complexity index is 769.